The Morgan fingerprint density at radius 3 is 2.44 bits per heavy atom. The van der Waals surface area contributed by atoms with Gasteiger partial charge in [-0.2, -0.15) is 0 Å². The molecule has 6 heteroatoms. The van der Waals surface area contributed by atoms with Gasteiger partial charge in [-0.1, -0.05) is 18.2 Å². The van der Waals surface area contributed by atoms with Crippen molar-refractivity contribution in [2.45, 2.75) is 18.9 Å². The van der Waals surface area contributed by atoms with E-state index in [1.54, 1.807) is 7.11 Å². The maximum absolute atomic E-state index is 6.07. The Morgan fingerprint density at radius 2 is 1.65 bits per heavy atom. The molecule has 2 aromatic heterocycles. The lowest BCUT2D eigenvalue weighted by Crippen LogP contribution is -2.39. The highest BCUT2D eigenvalue weighted by Crippen LogP contribution is 2.28. The van der Waals surface area contributed by atoms with Crippen LogP contribution in [0.3, 0.4) is 0 Å². The molecule has 2 N–H and O–H groups in total. The van der Waals surface area contributed by atoms with Crippen LogP contribution in [0.1, 0.15) is 12.8 Å². The third-order valence-electron chi connectivity index (χ3n) is 6.78. The molecule has 34 heavy (non-hydrogen) atoms. The van der Waals surface area contributed by atoms with E-state index in [0.717, 1.165) is 70.6 Å². The number of methoxy groups -OCH3 is 1. The molecule has 0 atom stereocenters. The first kappa shape index (κ1) is 20.7. The average Bonchev–Trinajstić information content (AvgIpc) is 3.32. The van der Waals surface area contributed by atoms with E-state index in [1.807, 2.05) is 23.0 Å². The van der Waals surface area contributed by atoms with Crippen molar-refractivity contribution in [1.29, 1.82) is 0 Å². The summed E-state index contributed by atoms with van der Waals surface area (Å²) in [7, 11) is 1.68. The topological polar surface area (TPSA) is 69.2 Å². The van der Waals surface area contributed by atoms with Gasteiger partial charge in [0.2, 0.25) is 0 Å². The van der Waals surface area contributed by atoms with Crippen molar-refractivity contribution >= 4 is 27.6 Å². The van der Waals surface area contributed by atoms with Crippen molar-refractivity contribution < 1.29 is 4.74 Å². The molecule has 3 heterocycles. The summed E-state index contributed by atoms with van der Waals surface area (Å²) in [5.74, 6) is 1.72. The second-order valence-corrected chi connectivity index (χ2v) is 8.92. The minimum absolute atomic E-state index is 0.332. The van der Waals surface area contributed by atoms with Gasteiger partial charge >= 0.3 is 0 Å². The highest BCUT2D eigenvalue weighted by Gasteiger charge is 2.17. The molecular formula is C28H27N5O. The lowest BCUT2D eigenvalue weighted by molar-refractivity contribution is 0.415. The SMILES string of the molecule is COc1ccc(-c2ccc3c(c2)ncn3-c2ccc3cc(N4CCC(N)CC4)ccc3n2)cc1. The number of aromatic nitrogens is 3. The van der Waals surface area contributed by atoms with E-state index in [-0.39, 0.29) is 0 Å². The monoisotopic (exact) mass is 449 g/mol. The number of nitrogens with two attached hydrogens (primary N) is 1. The fourth-order valence-corrected chi connectivity index (χ4v) is 4.75. The van der Waals surface area contributed by atoms with E-state index >= 15 is 0 Å². The molecule has 0 aliphatic carbocycles. The number of benzene rings is 3. The van der Waals surface area contributed by atoms with Crippen LogP contribution in [-0.4, -0.2) is 40.8 Å². The number of rotatable bonds is 4. The molecule has 6 rings (SSSR count). The third kappa shape index (κ3) is 3.76. The number of pyridine rings is 1. The standard InChI is InChI=1S/C28H27N5O/c1-34-24-7-2-19(3-8-24)20-4-10-27-26(17-20)30-18-33(27)28-11-5-21-16-23(6-9-25(21)31-28)32-14-12-22(29)13-15-32/h2-11,16-18,22H,12-15,29H2,1H3. The lowest BCUT2D eigenvalue weighted by atomic mass is 10.0. The zero-order valence-electron chi connectivity index (χ0n) is 19.2. The molecule has 170 valence electrons. The minimum Gasteiger partial charge on any atom is -0.497 e. The Kier molecular flexibility index (Phi) is 5.15. The molecule has 1 saturated heterocycles. The lowest BCUT2D eigenvalue weighted by Gasteiger charge is -2.32. The van der Waals surface area contributed by atoms with Crippen LogP contribution < -0.4 is 15.4 Å². The van der Waals surface area contributed by atoms with Crippen molar-refractivity contribution in [1.82, 2.24) is 14.5 Å². The van der Waals surface area contributed by atoms with Crippen molar-refractivity contribution in [3.05, 3.63) is 79.1 Å². The zero-order chi connectivity index (χ0) is 23.1. The Bertz CT molecular complexity index is 1470. The quantitative estimate of drug-likeness (QED) is 0.410. The van der Waals surface area contributed by atoms with Gasteiger partial charge < -0.3 is 15.4 Å². The largest absolute Gasteiger partial charge is 0.497 e. The maximum Gasteiger partial charge on any atom is 0.139 e. The van der Waals surface area contributed by atoms with E-state index in [4.69, 9.17) is 15.5 Å². The van der Waals surface area contributed by atoms with Gasteiger partial charge in [-0.05, 0) is 78.6 Å². The molecule has 1 aliphatic heterocycles. The number of imidazole rings is 1. The van der Waals surface area contributed by atoms with Crippen LogP contribution in [0.25, 0.3) is 38.9 Å². The van der Waals surface area contributed by atoms with E-state index in [0.29, 0.717) is 6.04 Å². The number of ether oxygens (including phenoxy) is 1. The molecule has 5 aromatic rings. The summed E-state index contributed by atoms with van der Waals surface area (Å²) in [6, 6.07) is 25.5. The molecule has 6 nitrogen and oxygen atoms in total. The van der Waals surface area contributed by atoms with E-state index in [2.05, 4.69) is 70.5 Å². The van der Waals surface area contributed by atoms with Crippen molar-refractivity contribution in [2.75, 3.05) is 25.1 Å². The van der Waals surface area contributed by atoms with Crippen LogP contribution in [0.5, 0.6) is 5.75 Å². The molecule has 0 bridgehead atoms. The third-order valence-corrected chi connectivity index (χ3v) is 6.78. The first-order valence-corrected chi connectivity index (χ1v) is 11.7. The zero-order valence-corrected chi connectivity index (χ0v) is 19.2. The summed E-state index contributed by atoms with van der Waals surface area (Å²) in [4.78, 5) is 12.0. The summed E-state index contributed by atoms with van der Waals surface area (Å²) in [6.45, 7) is 2.02. The first-order valence-electron chi connectivity index (χ1n) is 11.7. The number of anilines is 1. The van der Waals surface area contributed by atoms with Gasteiger partial charge in [0, 0.05) is 30.2 Å². The van der Waals surface area contributed by atoms with Gasteiger partial charge in [0.15, 0.2) is 0 Å². The molecular weight excluding hydrogens is 422 g/mol. The average molecular weight is 450 g/mol. The molecule has 0 unspecified atom stereocenters. The van der Waals surface area contributed by atoms with E-state index in [1.165, 1.54) is 5.69 Å². The van der Waals surface area contributed by atoms with Crippen LogP contribution in [0.2, 0.25) is 0 Å². The van der Waals surface area contributed by atoms with Gasteiger partial charge in [-0.15, -0.1) is 0 Å². The Labute approximate surface area is 198 Å². The normalized spacial score (nSPS) is 14.7. The van der Waals surface area contributed by atoms with Gasteiger partial charge in [0.1, 0.15) is 17.9 Å². The van der Waals surface area contributed by atoms with Crippen molar-refractivity contribution in [3.63, 3.8) is 0 Å². The minimum atomic E-state index is 0.332. The molecule has 1 fully saturated rings. The van der Waals surface area contributed by atoms with Crippen molar-refractivity contribution in [2.24, 2.45) is 5.73 Å². The summed E-state index contributed by atoms with van der Waals surface area (Å²) in [6.07, 6.45) is 3.94. The predicted molar refractivity (Wildman–Crippen MR) is 138 cm³/mol. The second-order valence-electron chi connectivity index (χ2n) is 8.92. The number of piperidine rings is 1. The van der Waals surface area contributed by atoms with Crippen LogP contribution >= 0.6 is 0 Å². The number of fused-ring (bicyclic) bond motifs is 2. The Morgan fingerprint density at radius 1 is 0.853 bits per heavy atom. The van der Waals surface area contributed by atoms with Gasteiger partial charge in [0.25, 0.3) is 0 Å². The predicted octanol–water partition coefficient (Wildman–Crippen LogP) is 5.18. The van der Waals surface area contributed by atoms with E-state index in [9.17, 15) is 0 Å². The highest BCUT2D eigenvalue weighted by molar-refractivity contribution is 5.86. The molecule has 0 spiro atoms. The maximum atomic E-state index is 6.07. The van der Waals surface area contributed by atoms with Gasteiger partial charge in [0.05, 0.1) is 23.7 Å². The van der Waals surface area contributed by atoms with Crippen LogP contribution in [0, 0.1) is 0 Å². The van der Waals surface area contributed by atoms with Gasteiger partial charge in [-0.3, -0.25) is 4.57 Å². The van der Waals surface area contributed by atoms with Crippen LogP contribution in [-0.2, 0) is 0 Å². The Balaban J connectivity index is 1.30. The highest BCUT2D eigenvalue weighted by atomic mass is 16.5. The van der Waals surface area contributed by atoms with Gasteiger partial charge in [-0.25, -0.2) is 9.97 Å². The van der Waals surface area contributed by atoms with Crippen molar-refractivity contribution in [3.8, 4) is 22.7 Å². The molecule has 1 aliphatic rings. The smallest absolute Gasteiger partial charge is 0.139 e. The van der Waals surface area contributed by atoms with Crippen LogP contribution in [0.4, 0.5) is 5.69 Å². The second kappa shape index (κ2) is 8.47. The number of hydrogen-bond donors (Lipinski definition) is 1. The molecule has 3 aromatic carbocycles. The molecule has 0 radical (unpaired) electrons. The summed E-state index contributed by atoms with van der Waals surface area (Å²) in [5, 5.41) is 1.14. The number of hydrogen-bond acceptors (Lipinski definition) is 5. The Hall–Kier alpha value is -3.90. The summed E-state index contributed by atoms with van der Waals surface area (Å²) >= 11 is 0. The molecule has 0 saturated carbocycles. The first-order chi connectivity index (χ1) is 16.7. The summed E-state index contributed by atoms with van der Waals surface area (Å²) in [5.41, 5.74) is 12.5. The molecule has 0 amide bonds. The van der Waals surface area contributed by atoms with Crippen LogP contribution in [0.15, 0.2) is 79.1 Å². The fraction of sp³-hybridized carbons (Fsp3) is 0.214. The van der Waals surface area contributed by atoms with E-state index < -0.39 is 0 Å². The fourth-order valence-electron chi connectivity index (χ4n) is 4.75. The number of nitrogens with zero attached hydrogens (tertiary/aromatic N) is 4. The summed E-state index contributed by atoms with van der Waals surface area (Å²) < 4.78 is 7.32.